The predicted molar refractivity (Wildman–Crippen MR) is 124 cm³/mol. The van der Waals surface area contributed by atoms with Gasteiger partial charge in [0.05, 0.1) is 22.3 Å². The van der Waals surface area contributed by atoms with E-state index in [0.717, 1.165) is 17.3 Å². The van der Waals surface area contributed by atoms with Gasteiger partial charge < -0.3 is 20.0 Å². The van der Waals surface area contributed by atoms with Gasteiger partial charge in [0.1, 0.15) is 11.5 Å². The van der Waals surface area contributed by atoms with Crippen molar-refractivity contribution in [2.24, 2.45) is 0 Å². The van der Waals surface area contributed by atoms with E-state index >= 15 is 0 Å². The molecule has 5 nitrogen and oxygen atoms in total. The molecule has 1 aliphatic rings. The van der Waals surface area contributed by atoms with Crippen LogP contribution in [0.1, 0.15) is 22.0 Å². The summed E-state index contributed by atoms with van der Waals surface area (Å²) in [6.45, 7) is 1.33. The number of carbonyl (C=O) groups is 1. The molecule has 0 spiro atoms. The summed E-state index contributed by atoms with van der Waals surface area (Å²) in [6, 6.07) is 16.6. The number of hydrogen-bond donors (Lipinski definition) is 2. The van der Waals surface area contributed by atoms with Gasteiger partial charge in [-0.05, 0) is 48.0 Å². The SMILES string of the molecule is O=C(c1ccc(O)cc1O)N1CCN(c2ccc(Cl)cc2Cl)C(c2ccc(Cl)cc2)C1. The van der Waals surface area contributed by atoms with Crippen LogP contribution < -0.4 is 4.90 Å². The van der Waals surface area contributed by atoms with Gasteiger partial charge >= 0.3 is 0 Å². The van der Waals surface area contributed by atoms with Gasteiger partial charge in [-0.2, -0.15) is 0 Å². The van der Waals surface area contributed by atoms with Crippen molar-refractivity contribution in [3.63, 3.8) is 0 Å². The van der Waals surface area contributed by atoms with Crippen molar-refractivity contribution in [3.8, 4) is 11.5 Å². The topological polar surface area (TPSA) is 64.0 Å². The van der Waals surface area contributed by atoms with E-state index in [1.807, 2.05) is 30.3 Å². The van der Waals surface area contributed by atoms with Gasteiger partial charge in [-0.3, -0.25) is 4.79 Å². The maximum atomic E-state index is 13.1. The minimum atomic E-state index is -0.307. The summed E-state index contributed by atoms with van der Waals surface area (Å²) in [4.78, 5) is 16.9. The summed E-state index contributed by atoms with van der Waals surface area (Å²) in [6.07, 6.45) is 0. The van der Waals surface area contributed by atoms with Crippen molar-refractivity contribution in [1.29, 1.82) is 0 Å². The molecule has 0 aliphatic carbocycles. The van der Waals surface area contributed by atoms with Crippen LogP contribution in [0.4, 0.5) is 5.69 Å². The number of aromatic hydroxyl groups is 2. The third kappa shape index (κ3) is 4.54. The molecule has 0 aromatic heterocycles. The van der Waals surface area contributed by atoms with Crippen LogP contribution in [0.15, 0.2) is 60.7 Å². The molecule has 160 valence electrons. The first-order valence-electron chi connectivity index (χ1n) is 9.62. The van der Waals surface area contributed by atoms with Crippen molar-refractivity contribution in [2.45, 2.75) is 6.04 Å². The minimum absolute atomic E-state index is 0.102. The van der Waals surface area contributed by atoms with E-state index in [1.165, 1.54) is 12.1 Å². The van der Waals surface area contributed by atoms with Gasteiger partial charge in [0, 0.05) is 35.7 Å². The summed E-state index contributed by atoms with van der Waals surface area (Å²) in [5.41, 5.74) is 1.94. The molecule has 3 aromatic carbocycles. The second-order valence-corrected chi connectivity index (χ2v) is 8.59. The Kier molecular flexibility index (Phi) is 6.19. The van der Waals surface area contributed by atoms with Gasteiger partial charge in [0.15, 0.2) is 0 Å². The number of phenols is 2. The first kappa shape index (κ1) is 21.6. The normalized spacial score (nSPS) is 16.4. The van der Waals surface area contributed by atoms with Gasteiger partial charge in [-0.15, -0.1) is 0 Å². The van der Waals surface area contributed by atoms with Crippen molar-refractivity contribution < 1.29 is 15.0 Å². The third-order valence-corrected chi connectivity index (χ3v) is 6.14. The van der Waals surface area contributed by atoms with Crippen molar-refractivity contribution in [1.82, 2.24) is 4.90 Å². The van der Waals surface area contributed by atoms with E-state index in [4.69, 9.17) is 34.8 Å². The molecule has 2 N–H and O–H groups in total. The molecule has 1 atom stereocenters. The lowest BCUT2D eigenvalue weighted by molar-refractivity contribution is 0.0719. The number of hydrogen-bond acceptors (Lipinski definition) is 4. The molecule has 1 fully saturated rings. The molecule has 1 heterocycles. The third-order valence-electron chi connectivity index (χ3n) is 5.35. The first-order valence-corrected chi connectivity index (χ1v) is 10.8. The van der Waals surface area contributed by atoms with Gasteiger partial charge in [-0.1, -0.05) is 46.9 Å². The zero-order chi connectivity index (χ0) is 22.1. The summed E-state index contributed by atoms with van der Waals surface area (Å²) in [7, 11) is 0. The average molecular weight is 478 g/mol. The van der Waals surface area contributed by atoms with E-state index in [9.17, 15) is 15.0 Å². The van der Waals surface area contributed by atoms with E-state index < -0.39 is 0 Å². The Morgan fingerprint density at radius 3 is 2.26 bits per heavy atom. The number of rotatable bonds is 3. The fourth-order valence-corrected chi connectivity index (χ4v) is 4.45. The van der Waals surface area contributed by atoms with E-state index in [-0.39, 0.29) is 29.0 Å². The molecule has 3 aromatic rings. The molecule has 31 heavy (non-hydrogen) atoms. The fraction of sp³-hybridized carbons (Fsp3) is 0.174. The quantitative estimate of drug-likeness (QED) is 0.503. The Morgan fingerprint density at radius 1 is 0.871 bits per heavy atom. The minimum Gasteiger partial charge on any atom is -0.508 e. The van der Waals surface area contributed by atoms with Gasteiger partial charge in [0.25, 0.3) is 5.91 Å². The standard InChI is InChI=1S/C23H19Cl3N2O3/c24-15-3-1-14(2-4-15)21-13-27(23(31)18-7-6-17(29)12-22(18)30)9-10-28(21)20-8-5-16(25)11-19(20)26/h1-8,11-12,21,29-30H,9-10,13H2. The number of amides is 1. The van der Waals surface area contributed by atoms with Crippen LogP contribution in [0, 0.1) is 0 Å². The highest BCUT2D eigenvalue weighted by molar-refractivity contribution is 6.36. The zero-order valence-electron chi connectivity index (χ0n) is 16.3. The molecule has 1 unspecified atom stereocenters. The summed E-state index contributed by atoms with van der Waals surface area (Å²) in [5, 5.41) is 21.4. The van der Waals surface area contributed by atoms with Crippen molar-refractivity contribution in [2.75, 3.05) is 24.5 Å². The molecule has 0 saturated carbocycles. The van der Waals surface area contributed by atoms with Crippen LogP contribution in [0.25, 0.3) is 0 Å². The molecule has 0 radical (unpaired) electrons. The number of nitrogens with zero attached hydrogens (tertiary/aromatic N) is 2. The van der Waals surface area contributed by atoms with Crippen molar-refractivity contribution in [3.05, 3.63) is 86.9 Å². The lowest BCUT2D eigenvalue weighted by Crippen LogP contribution is -2.50. The van der Waals surface area contributed by atoms with Crippen LogP contribution in [0.3, 0.4) is 0 Å². The number of halogens is 3. The Bertz CT molecular complexity index is 1120. The predicted octanol–water partition coefficient (Wildman–Crippen LogP) is 5.76. The smallest absolute Gasteiger partial charge is 0.257 e. The second kappa shape index (κ2) is 8.87. The van der Waals surface area contributed by atoms with E-state index in [0.29, 0.717) is 34.7 Å². The van der Waals surface area contributed by atoms with Gasteiger partial charge in [0.2, 0.25) is 0 Å². The molecule has 8 heteroatoms. The Morgan fingerprint density at radius 2 is 1.58 bits per heavy atom. The fourth-order valence-electron chi connectivity index (χ4n) is 3.81. The second-order valence-electron chi connectivity index (χ2n) is 7.31. The van der Waals surface area contributed by atoms with E-state index in [2.05, 4.69) is 4.90 Å². The lowest BCUT2D eigenvalue weighted by Gasteiger charge is -2.43. The largest absolute Gasteiger partial charge is 0.508 e. The number of carbonyl (C=O) groups excluding carboxylic acids is 1. The number of benzene rings is 3. The van der Waals surface area contributed by atoms with Crippen LogP contribution >= 0.6 is 34.8 Å². The van der Waals surface area contributed by atoms with Crippen LogP contribution in [0.5, 0.6) is 11.5 Å². The Hall–Kier alpha value is -2.60. The summed E-state index contributed by atoms with van der Waals surface area (Å²) >= 11 is 18.6. The molecule has 1 aliphatic heterocycles. The number of anilines is 1. The highest BCUT2D eigenvalue weighted by Crippen LogP contribution is 2.37. The summed E-state index contributed by atoms with van der Waals surface area (Å²) in [5.74, 6) is -0.662. The molecular formula is C23H19Cl3N2O3. The molecule has 1 saturated heterocycles. The van der Waals surface area contributed by atoms with Gasteiger partial charge in [-0.25, -0.2) is 0 Å². The van der Waals surface area contributed by atoms with Crippen LogP contribution in [-0.4, -0.2) is 40.7 Å². The highest BCUT2D eigenvalue weighted by atomic mass is 35.5. The molecule has 1 amide bonds. The maximum absolute atomic E-state index is 13.1. The maximum Gasteiger partial charge on any atom is 0.257 e. The lowest BCUT2D eigenvalue weighted by atomic mass is 10.0. The van der Waals surface area contributed by atoms with Crippen molar-refractivity contribution >= 4 is 46.4 Å². The van der Waals surface area contributed by atoms with Crippen LogP contribution in [-0.2, 0) is 0 Å². The van der Waals surface area contributed by atoms with E-state index in [1.54, 1.807) is 17.0 Å². The molecular weight excluding hydrogens is 459 g/mol. The zero-order valence-corrected chi connectivity index (χ0v) is 18.6. The Labute approximate surface area is 195 Å². The Balaban J connectivity index is 1.68. The van der Waals surface area contributed by atoms with Crippen LogP contribution in [0.2, 0.25) is 15.1 Å². The monoisotopic (exact) mass is 476 g/mol. The average Bonchev–Trinajstić information content (AvgIpc) is 2.74. The molecule has 4 rings (SSSR count). The molecule has 0 bridgehead atoms. The highest BCUT2D eigenvalue weighted by Gasteiger charge is 2.33. The number of piperazine rings is 1. The number of phenolic OH excluding ortho intramolecular Hbond substituents is 2. The first-order chi connectivity index (χ1) is 14.8. The summed E-state index contributed by atoms with van der Waals surface area (Å²) < 4.78 is 0.